The van der Waals surface area contributed by atoms with E-state index in [1.165, 1.54) is 0 Å². The van der Waals surface area contributed by atoms with E-state index in [4.69, 9.17) is 5.73 Å². The van der Waals surface area contributed by atoms with Crippen LogP contribution in [0, 0.1) is 0 Å². The van der Waals surface area contributed by atoms with Crippen molar-refractivity contribution >= 4 is 17.4 Å². The Kier molecular flexibility index (Phi) is 5.83. The molecule has 5 N–H and O–H groups in total. The summed E-state index contributed by atoms with van der Waals surface area (Å²) in [5, 5.41) is 10.0. The first-order valence-electron chi connectivity index (χ1n) is 8.71. The Morgan fingerprint density at radius 3 is 2.50 bits per heavy atom. The summed E-state index contributed by atoms with van der Waals surface area (Å²) in [4.78, 5) is 16.1. The number of nitrogens with zero attached hydrogens (tertiary/aromatic N) is 1. The zero-order valence-electron chi connectivity index (χ0n) is 15.3. The van der Waals surface area contributed by atoms with Gasteiger partial charge in [0.1, 0.15) is 5.82 Å². The maximum Gasteiger partial charge on any atom is 0.224 e. The first-order chi connectivity index (χ1) is 11.2. The van der Waals surface area contributed by atoms with Crippen LogP contribution in [0.5, 0.6) is 0 Å². The van der Waals surface area contributed by atoms with Crippen LogP contribution in [0.1, 0.15) is 53.4 Å². The fraction of sp³-hybridized carbons (Fsp3) is 0.667. The van der Waals surface area contributed by atoms with E-state index >= 15 is 0 Å². The van der Waals surface area contributed by atoms with Gasteiger partial charge in [0, 0.05) is 23.5 Å². The van der Waals surface area contributed by atoms with Crippen LogP contribution in [0.25, 0.3) is 0 Å². The van der Waals surface area contributed by atoms with Gasteiger partial charge in [-0.1, -0.05) is 0 Å². The third kappa shape index (κ3) is 5.76. The molecule has 1 aromatic heterocycles. The Morgan fingerprint density at radius 1 is 1.29 bits per heavy atom. The van der Waals surface area contributed by atoms with E-state index in [2.05, 4.69) is 48.6 Å². The topological polar surface area (TPSA) is 92.1 Å². The van der Waals surface area contributed by atoms with Gasteiger partial charge in [-0.3, -0.25) is 4.79 Å². The maximum absolute atomic E-state index is 11.7. The van der Waals surface area contributed by atoms with E-state index in [0.717, 1.165) is 18.7 Å². The van der Waals surface area contributed by atoms with Crippen LogP contribution >= 0.6 is 0 Å². The molecule has 134 valence electrons. The van der Waals surface area contributed by atoms with Crippen molar-refractivity contribution in [2.24, 2.45) is 5.73 Å². The van der Waals surface area contributed by atoms with Crippen molar-refractivity contribution in [3.63, 3.8) is 0 Å². The largest absolute Gasteiger partial charge is 0.367 e. The smallest absolute Gasteiger partial charge is 0.224 e. The minimum absolute atomic E-state index is 0.0233. The summed E-state index contributed by atoms with van der Waals surface area (Å²) < 4.78 is 0. The van der Waals surface area contributed by atoms with Crippen molar-refractivity contribution in [2.75, 3.05) is 17.2 Å². The molecular weight excluding hydrogens is 302 g/mol. The van der Waals surface area contributed by atoms with Gasteiger partial charge >= 0.3 is 0 Å². The normalized spacial score (nSPS) is 19.7. The Bertz CT molecular complexity index is 537. The molecule has 1 saturated heterocycles. The predicted molar refractivity (Wildman–Crippen MR) is 99.1 cm³/mol. The number of anilines is 2. The summed E-state index contributed by atoms with van der Waals surface area (Å²) in [7, 11) is 0. The molecule has 2 heterocycles. The molecule has 2 rings (SSSR count). The van der Waals surface area contributed by atoms with Crippen molar-refractivity contribution in [1.82, 2.24) is 10.3 Å². The Balaban J connectivity index is 1.93. The number of hydrogen-bond acceptors (Lipinski definition) is 5. The van der Waals surface area contributed by atoms with Gasteiger partial charge in [-0.15, -0.1) is 0 Å². The van der Waals surface area contributed by atoms with Crippen LogP contribution in [0.15, 0.2) is 18.3 Å². The number of carbonyl (C=O) groups excluding carboxylic acids is 1. The lowest BCUT2D eigenvalue weighted by molar-refractivity contribution is -0.116. The second kappa shape index (κ2) is 7.49. The summed E-state index contributed by atoms with van der Waals surface area (Å²) in [5.41, 5.74) is 6.32. The average Bonchev–Trinajstić information content (AvgIpc) is 2.44. The molecule has 0 saturated carbocycles. The monoisotopic (exact) mass is 333 g/mol. The van der Waals surface area contributed by atoms with E-state index in [0.29, 0.717) is 31.1 Å². The lowest BCUT2D eigenvalue weighted by Crippen LogP contribution is -2.60. The zero-order valence-corrected chi connectivity index (χ0v) is 15.3. The van der Waals surface area contributed by atoms with Gasteiger partial charge in [0.25, 0.3) is 0 Å². The van der Waals surface area contributed by atoms with Crippen molar-refractivity contribution < 1.29 is 4.79 Å². The Hall–Kier alpha value is -1.66. The summed E-state index contributed by atoms with van der Waals surface area (Å²) in [6, 6.07) is 4.17. The lowest BCUT2D eigenvalue weighted by atomic mass is 9.79. The molecule has 6 nitrogen and oxygen atoms in total. The molecule has 0 aliphatic carbocycles. The molecule has 1 amide bonds. The van der Waals surface area contributed by atoms with Crippen LogP contribution in [0.3, 0.4) is 0 Å². The van der Waals surface area contributed by atoms with Gasteiger partial charge in [-0.25, -0.2) is 4.98 Å². The number of aromatic nitrogens is 1. The number of carbonyl (C=O) groups is 1. The van der Waals surface area contributed by atoms with Gasteiger partial charge < -0.3 is 21.7 Å². The van der Waals surface area contributed by atoms with Gasteiger partial charge in [-0.2, -0.15) is 0 Å². The van der Waals surface area contributed by atoms with Crippen LogP contribution < -0.4 is 21.7 Å². The Morgan fingerprint density at radius 2 is 1.96 bits per heavy atom. The standard InChI is InChI=1S/C18H31N5O/c1-17(2)10-14(11-18(3,4)23-17)21-15-8-7-13(12-20-15)22-16(24)6-5-9-19/h7-8,12,14,23H,5-6,9-11,19H2,1-4H3,(H,20,21)(H,22,24). The van der Waals surface area contributed by atoms with E-state index < -0.39 is 0 Å². The Labute approximate surface area is 145 Å². The molecule has 1 aromatic rings. The molecule has 0 atom stereocenters. The molecule has 0 spiro atoms. The summed E-state index contributed by atoms with van der Waals surface area (Å²) in [5.74, 6) is 0.818. The highest BCUT2D eigenvalue weighted by Gasteiger charge is 2.37. The second-order valence-corrected chi connectivity index (χ2v) is 8.01. The highest BCUT2D eigenvalue weighted by molar-refractivity contribution is 5.90. The van der Waals surface area contributed by atoms with Crippen molar-refractivity contribution in [2.45, 2.75) is 70.5 Å². The van der Waals surface area contributed by atoms with Crippen molar-refractivity contribution in [1.29, 1.82) is 0 Å². The van der Waals surface area contributed by atoms with Crippen molar-refractivity contribution in [3.8, 4) is 0 Å². The second-order valence-electron chi connectivity index (χ2n) is 8.01. The molecule has 0 aromatic carbocycles. The SMILES string of the molecule is CC1(C)CC(Nc2ccc(NC(=O)CCCN)cn2)CC(C)(C)N1. The number of amides is 1. The fourth-order valence-electron chi connectivity index (χ4n) is 3.67. The highest BCUT2D eigenvalue weighted by Crippen LogP contribution is 2.30. The van der Waals surface area contributed by atoms with E-state index in [-0.39, 0.29) is 17.0 Å². The highest BCUT2D eigenvalue weighted by atomic mass is 16.1. The number of nitrogens with two attached hydrogens (primary N) is 1. The molecule has 1 aliphatic heterocycles. The van der Waals surface area contributed by atoms with E-state index in [1.807, 2.05) is 12.1 Å². The lowest BCUT2D eigenvalue weighted by Gasteiger charge is -2.46. The number of nitrogens with one attached hydrogen (secondary N) is 3. The maximum atomic E-state index is 11.7. The minimum Gasteiger partial charge on any atom is -0.367 e. The third-order valence-electron chi connectivity index (χ3n) is 4.20. The first kappa shape index (κ1) is 18.7. The minimum atomic E-state index is -0.0233. The molecule has 0 radical (unpaired) electrons. The molecule has 0 unspecified atom stereocenters. The van der Waals surface area contributed by atoms with E-state index in [9.17, 15) is 4.79 Å². The van der Waals surface area contributed by atoms with Gasteiger partial charge in [0.15, 0.2) is 0 Å². The first-order valence-corrected chi connectivity index (χ1v) is 8.71. The van der Waals surface area contributed by atoms with Crippen molar-refractivity contribution in [3.05, 3.63) is 18.3 Å². The number of hydrogen-bond donors (Lipinski definition) is 4. The van der Waals surface area contributed by atoms with Gasteiger partial charge in [-0.05, 0) is 65.6 Å². The summed E-state index contributed by atoms with van der Waals surface area (Å²) >= 11 is 0. The fourth-order valence-corrected chi connectivity index (χ4v) is 3.67. The summed E-state index contributed by atoms with van der Waals surface area (Å²) in [6.45, 7) is 9.45. The average molecular weight is 333 g/mol. The predicted octanol–water partition coefficient (Wildman–Crippen LogP) is 2.48. The molecule has 24 heavy (non-hydrogen) atoms. The van der Waals surface area contributed by atoms with E-state index in [1.54, 1.807) is 6.20 Å². The zero-order chi connectivity index (χ0) is 17.8. The molecular formula is C18H31N5O. The van der Waals surface area contributed by atoms with Crippen LogP contribution in [0.4, 0.5) is 11.5 Å². The van der Waals surface area contributed by atoms with Gasteiger partial charge in [0.05, 0.1) is 11.9 Å². The van der Waals surface area contributed by atoms with Crippen LogP contribution in [-0.2, 0) is 4.79 Å². The third-order valence-corrected chi connectivity index (χ3v) is 4.20. The number of rotatable bonds is 6. The quantitative estimate of drug-likeness (QED) is 0.642. The molecule has 1 fully saturated rings. The molecule has 0 bridgehead atoms. The number of piperidine rings is 1. The van der Waals surface area contributed by atoms with Crippen LogP contribution in [0.2, 0.25) is 0 Å². The molecule has 1 aliphatic rings. The van der Waals surface area contributed by atoms with Gasteiger partial charge in [0.2, 0.25) is 5.91 Å². The van der Waals surface area contributed by atoms with Crippen LogP contribution in [-0.4, -0.2) is 34.6 Å². The summed E-state index contributed by atoms with van der Waals surface area (Å²) in [6.07, 6.45) is 4.90. The number of pyridine rings is 1. The molecule has 6 heteroatoms.